The summed E-state index contributed by atoms with van der Waals surface area (Å²) in [4.78, 5) is 17.3. The third-order valence-electron chi connectivity index (χ3n) is 3.10. The number of carbonyl (C=O) groups excluding carboxylic acids is 1. The molecule has 1 aromatic rings. The van der Waals surface area contributed by atoms with Gasteiger partial charge in [0.05, 0.1) is 18.3 Å². The van der Waals surface area contributed by atoms with Gasteiger partial charge in [-0.2, -0.15) is 4.98 Å². The predicted molar refractivity (Wildman–Crippen MR) is 70.2 cm³/mol. The van der Waals surface area contributed by atoms with Crippen LogP contribution in [0.1, 0.15) is 37.0 Å². The van der Waals surface area contributed by atoms with E-state index in [2.05, 4.69) is 10.1 Å². The topological polar surface area (TPSA) is 119 Å². The molecule has 1 aliphatic heterocycles. The second kappa shape index (κ2) is 5.88. The fourth-order valence-corrected chi connectivity index (χ4v) is 2.67. The highest BCUT2D eigenvalue weighted by Gasteiger charge is 2.23. The molecule has 2 heterocycles. The molecule has 2 N–H and O–H groups in total. The summed E-state index contributed by atoms with van der Waals surface area (Å²) >= 11 is 0. The van der Waals surface area contributed by atoms with Gasteiger partial charge in [-0.15, -0.1) is 0 Å². The first-order chi connectivity index (χ1) is 9.35. The molecule has 2 rings (SSSR count). The van der Waals surface area contributed by atoms with E-state index in [-0.39, 0.29) is 24.0 Å². The van der Waals surface area contributed by atoms with Crippen molar-refractivity contribution in [3.05, 3.63) is 11.7 Å². The maximum atomic E-state index is 11.5. The largest absolute Gasteiger partial charge is 0.338 e. The van der Waals surface area contributed by atoms with Gasteiger partial charge >= 0.3 is 0 Å². The smallest absolute Gasteiger partial charge is 0.243 e. The third-order valence-corrected chi connectivity index (χ3v) is 4.08. The van der Waals surface area contributed by atoms with Crippen LogP contribution in [0.4, 0.5) is 0 Å². The van der Waals surface area contributed by atoms with Gasteiger partial charge in [-0.1, -0.05) is 5.16 Å². The Morgan fingerprint density at radius 3 is 2.85 bits per heavy atom. The Morgan fingerprint density at radius 1 is 1.50 bits per heavy atom. The molecule has 8 nitrogen and oxygen atoms in total. The highest BCUT2D eigenvalue weighted by molar-refractivity contribution is 7.90. The molecule has 1 aromatic heterocycles. The van der Waals surface area contributed by atoms with Crippen LogP contribution in [0.2, 0.25) is 0 Å². The van der Waals surface area contributed by atoms with Crippen molar-refractivity contribution in [1.29, 1.82) is 0 Å². The number of hydrogen-bond acceptors (Lipinski definition) is 7. The summed E-state index contributed by atoms with van der Waals surface area (Å²) in [6, 6.07) is -0.611. The first-order valence-corrected chi connectivity index (χ1v) is 8.45. The number of nitrogens with zero attached hydrogens (tertiary/aromatic N) is 3. The summed E-state index contributed by atoms with van der Waals surface area (Å²) in [6.45, 7) is 1.00. The summed E-state index contributed by atoms with van der Waals surface area (Å²) in [6.07, 6.45) is 2.77. The molecule has 20 heavy (non-hydrogen) atoms. The maximum Gasteiger partial charge on any atom is 0.243 e. The fraction of sp³-hybridized carbons (Fsp3) is 0.727. The van der Waals surface area contributed by atoms with E-state index in [4.69, 9.17) is 10.3 Å². The molecule has 1 aliphatic rings. The molecule has 9 heteroatoms. The zero-order chi connectivity index (χ0) is 14.8. The molecule has 0 bridgehead atoms. The first-order valence-electron chi connectivity index (χ1n) is 6.39. The van der Waals surface area contributed by atoms with E-state index < -0.39 is 15.9 Å². The number of amides is 1. The average Bonchev–Trinajstić information content (AvgIpc) is 2.96. The number of rotatable bonds is 6. The number of hydrogen-bond donors (Lipinski definition) is 1. The first kappa shape index (κ1) is 14.9. The number of sulfone groups is 1. The van der Waals surface area contributed by atoms with Crippen LogP contribution in [0.25, 0.3) is 0 Å². The molecule has 1 fully saturated rings. The van der Waals surface area contributed by atoms with Crippen molar-refractivity contribution in [3.8, 4) is 0 Å². The van der Waals surface area contributed by atoms with E-state index in [1.54, 1.807) is 4.90 Å². The van der Waals surface area contributed by atoms with E-state index in [1.165, 1.54) is 0 Å². The number of likely N-dealkylation sites (tertiary alicyclic amines) is 1. The minimum Gasteiger partial charge on any atom is -0.338 e. The second-order valence-electron chi connectivity index (χ2n) is 4.99. The van der Waals surface area contributed by atoms with Gasteiger partial charge in [0.15, 0.2) is 5.82 Å². The molecule has 1 saturated heterocycles. The highest BCUT2D eigenvalue weighted by Crippen LogP contribution is 2.16. The lowest BCUT2D eigenvalue weighted by molar-refractivity contribution is -0.128. The van der Waals surface area contributed by atoms with Gasteiger partial charge in [0.25, 0.3) is 0 Å². The Labute approximate surface area is 117 Å². The zero-order valence-electron chi connectivity index (χ0n) is 11.3. The van der Waals surface area contributed by atoms with Crippen LogP contribution in [0.3, 0.4) is 0 Å². The van der Waals surface area contributed by atoms with Gasteiger partial charge in [0.2, 0.25) is 11.8 Å². The molecule has 0 radical (unpaired) electrons. The Bertz CT molecular complexity index is 583. The fourth-order valence-electron chi connectivity index (χ4n) is 1.99. The Hall–Kier alpha value is -1.48. The summed E-state index contributed by atoms with van der Waals surface area (Å²) in [5.41, 5.74) is 5.81. The van der Waals surface area contributed by atoms with Gasteiger partial charge in [0.1, 0.15) is 9.84 Å². The molecule has 0 aliphatic carbocycles. The SMILES string of the molecule is CS(=O)(=O)CCC(N)c1nc(CN2CCCC2=O)no1. The van der Waals surface area contributed by atoms with Crippen molar-refractivity contribution >= 4 is 15.7 Å². The van der Waals surface area contributed by atoms with Crippen LogP contribution in [-0.2, 0) is 21.2 Å². The van der Waals surface area contributed by atoms with Crippen molar-refractivity contribution in [2.45, 2.75) is 31.8 Å². The van der Waals surface area contributed by atoms with Crippen molar-refractivity contribution in [1.82, 2.24) is 15.0 Å². The molecule has 0 aromatic carbocycles. The number of carbonyl (C=O) groups is 1. The molecular weight excluding hydrogens is 284 g/mol. The lowest BCUT2D eigenvalue weighted by atomic mass is 10.2. The predicted octanol–water partition coefficient (Wildman–Crippen LogP) is -0.373. The van der Waals surface area contributed by atoms with Crippen LogP contribution < -0.4 is 5.73 Å². The van der Waals surface area contributed by atoms with Crippen LogP contribution in [-0.4, -0.2) is 47.9 Å². The van der Waals surface area contributed by atoms with E-state index in [0.29, 0.717) is 25.3 Å². The van der Waals surface area contributed by atoms with E-state index >= 15 is 0 Å². The standard InChI is InChI=1S/C11H18N4O4S/c1-20(17,18)6-4-8(12)11-13-9(14-19-11)7-15-5-2-3-10(15)16/h8H,2-7,12H2,1H3. The summed E-state index contributed by atoms with van der Waals surface area (Å²) in [5, 5.41) is 3.77. The Morgan fingerprint density at radius 2 is 2.25 bits per heavy atom. The van der Waals surface area contributed by atoms with Gasteiger partial charge in [0, 0.05) is 19.2 Å². The second-order valence-corrected chi connectivity index (χ2v) is 7.25. The van der Waals surface area contributed by atoms with Crippen molar-refractivity contribution in [2.24, 2.45) is 5.73 Å². The average molecular weight is 302 g/mol. The van der Waals surface area contributed by atoms with Crippen LogP contribution in [0.15, 0.2) is 4.52 Å². The van der Waals surface area contributed by atoms with Crippen LogP contribution in [0.5, 0.6) is 0 Å². The van der Waals surface area contributed by atoms with Gasteiger partial charge in [-0.25, -0.2) is 8.42 Å². The normalized spacial score (nSPS) is 17.7. The number of aromatic nitrogens is 2. The van der Waals surface area contributed by atoms with E-state index in [1.807, 2.05) is 0 Å². The minimum absolute atomic E-state index is 0.0313. The molecular formula is C11H18N4O4S. The molecule has 0 saturated carbocycles. The summed E-state index contributed by atoms with van der Waals surface area (Å²) in [5.74, 6) is 0.648. The zero-order valence-corrected chi connectivity index (χ0v) is 12.1. The minimum atomic E-state index is -3.07. The lowest BCUT2D eigenvalue weighted by Gasteiger charge is -2.11. The Balaban J connectivity index is 1.92. The summed E-state index contributed by atoms with van der Waals surface area (Å²) < 4.78 is 27.2. The molecule has 1 unspecified atom stereocenters. The molecule has 112 valence electrons. The molecule has 1 atom stereocenters. The highest BCUT2D eigenvalue weighted by atomic mass is 32.2. The van der Waals surface area contributed by atoms with Crippen LogP contribution in [0, 0.1) is 0 Å². The lowest BCUT2D eigenvalue weighted by Crippen LogP contribution is -2.24. The van der Waals surface area contributed by atoms with E-state index in [0.717, 1.165) is 12.7 Å². The van der Waals surface area contributed by atoms with Gasteiger partial charge < -0.3 is 15.2 Å². The van der Waals surface area contributed by atoms with Gasteiger partial charge in [-0.05, 0) is 12.8 Å². The maximum absolute atomic E-state index is 11.5. The van der Waals surface area contributed by atoms with E-state index in [9.17, 15) is 13.2 Å². The molecule has 0 spiro atoms. The molecule has 1 amide bonds. The van der Waals surface area contributed by atoms with Crippen molar-refractivity contribution < 1.29 is 17.7 Å². The summed E-state index contributed by atoms with van der Waals surface area (Å²) in [7, 11) is -3.07. The van der Waals surface area contributed by atoms with Crippen LogP contribution >= 0.6 is 0 Å². The Kier molecular flexibility index (Phi) is 4.39. The van der Waals surface area contributed by atoms with Crippen molar-refractivity contribution in [2.75, 3.05) is 18.6 Å². The monoisotopic (exact) mass is 302 g/mol. The van der Waals surface area contributed by atoms with Gasteiger partial charge in [-0.3, -0.25) is 4.79 Å². The third kappa shape index (κ3) is 4.01. The van der Waals surface area contributed by atoms with Crippen molar-refractivity contribution in [3.63, 3.8) is 0 Å². The quantitative estimate of drug-likeness (QED) is 0.761. The number of nitrogens with two attached hydrogens (primary N) is 1.